The van der Waals surface area contributed by atoms with Gasteiger partial charge in [0.1, 0.15) is 10.0 Å². The van der Waals surface area contributed by atoms with E-state index in [4.69, 9.17) is 11.6 Å². The van der Waals surface area contributed by atoms with E-state index in [9.17, 15) is 4.79 Å². The molecule has 2 aromatic rings. The molecule has 5 nitrogen and oxygen atoms in total. The van der Waals surface area contributed by atoms with Crippen LogP contribution in [0.25, 0.3) is 11.3 Å². The van der Waals surface area contributed by atoms with Gasteiger partial charge >= 0.3 is 0 Å². The predicted octanol–water partition coefficient (Wildman–Crippen LogP) is 4.38. The number of ketones is 1. The Morgan fingerprint density at radius 1 is 1.35 bits per heavy atom. The number of thioether (sulfide) groups is 1. The molecule has 0 amide bonds. The summed E-state index contributed by atoms with van der Waals surface area (Å²) in [5, 5.41) is 12.2. The lowest BCUT2D eigenvalue weighted by Crippen LogP contribution is -2.24. The van der Waals surface area contributed by atoms with Crippen LogP contribution in [0.5, 0.6) is 0 Å². The van der Waals surface area contributed by atoms with Crippen LogP contribution in [-0.2, 0) is 0 Å². The maximum Gasteiger partial charge on any atom is 0.205 e. The lowest BCUT2D eigenvalue weighted by Gasteiger charge is -2.05. The van der Waals surface area contributed by atoms with Crippen molar-refractivity contribution in [2.24, 2.45) is 0 Å². The quantitative estimate of drug-likeness (QED) is 0.554. The Hall–Kier alpha value is -2.15. The predicted molar refractivity (Wildman–Crippen MR) is 108 cm³/mol. The molecule has 0 radical (unpaired) electrons. The molecular formula is C18H15ClN4OS2. The number of nitrogens with one attached hydrogen (secondary N) is 2. The maximum atomic E-state index is 12.4. The molecule has 0 saturated heterocycles. The minimum Gasteiger partial charge on any atom is -0.305 e. The number of halogens is 1. The second-order valence-electron chi connectivity index (χ2n) is 5.12. The largest absolute Gasteiger partial charge is 0.305 e. The average molecular weight is 403 g/mol. The molecule has 0 fully saturated rings. The molecule has 2 N–H and O–H groups in total. The number of carbonyl (C=O) groups excluding carboxylic acids is 1. The molecule has 1 aliphatic rings. The smallest absolute Gasteiger partial charge is 0.205 e. The fourth-order valence-electron chi connectivity index (χ4n) is 2.06. The van der Waals surface area contributed by atoms with Crippen molar-refractivity contribution in [1.29, 1.82) is 0 Å². The van der Waals surface area contributed by atoms with Gasteiger partial charge in [-0.15, -0.1) is 5.73 Å². The first-order valence-corrected chi connectivity index (χ1v) is 9.81. The van der Waals surface area contributed by atoms with E-state index in [0.29, 0.717) is 21.6 Å². The van der Waals surface area contributed by atoms with Crippen molar-refractivity contribution in [2.75, 3.05) is 13.1 Å². The van der Waals surface area contributed by atoms with Crippen LogP contribution in [0.15, 0.2) is 64.9 Å². The second-order valence-corrected chi connectivity index (χ2v) is 7.72. The molecule has 0 unspecified atom stereocenters. The van der Waals surface area contributed by atoms with Gasteiger partial charge in [-0.1, -0.05) is 52.9 Å². The van der Waals surface area contributed by atoms with Crippen LogP contribution in [-0.4, -0.2) is 34.1 Å². The summed E-state index contributed by atoms with van der Waals surface area (Å²) in [7, 11) is 0. The molecule has 0 bridgehead atoms. The number of hydrogen-bond acceptors (Lipinski definition) is 6. The summed E-state index contributed by atoms with van der Waals surface area (Å²) >= 11 is 9.07. The summed E-state index contributed by atoms with van der Waals surface area (Å²) in [6.07, 6.45) is 7.16. The summed E-state index contributed by atoms with van der Waals surface area (Å²) < 4.78 is 0.465. The molecule has 3 heterocycles. The molecule has 0 aromatic carbocycles. The maximum absolute atomic E-state index is 12.4. The molecule has 0 saturated carbocycles. The standard InChI is InChI=1S/C18H15ClN4OS2/c19-17-16(13-6-2-1-4-8-21-22-10-13)23-18(26-17)15(24)12-20-11-14-7-3-5-9-25-14/h1-4,6-10,20-21H,11-12H2. The third-order valence-corrected chi connectivity index (χ3v) is 5.41. The highest BCUT2D eigenvalue weighted by molar-refractivity contribution is 8.05. The highest BCUT2D eigenvalue weighted by Crippen LogP contribution is 2.32. The van der Waals surface area contributed by atoms with Gasteiger partial charge < -0.3 is 5.32 Å². The Bertz CT molecular complexity index is 916. The van der Waals surface area contributed by atoms with Crippen molar-refractivity contribution >= 4 is 40.5 Å². The van der Waals surface area contributed by atoms with Gasteiger partial charge in [-0.3, -0.25) is 9.89 Å². The Morgan fingerprint density at radius 3 is 3.12 bits per heavy atom. The molecule has 0 atom stereocenters. The van der Waals surface area contributed by atoms with Gasteiger partial charge in [-0.05, 0) is 18.2 Å². The minimum atomic E-state index is -0.0911. The number of rotatable bonds is 6. The first-order chi connectivity index (χ1) is 12.7. The van der Waals surface area contributed by atoms with Crippen molar-refractivity contribution in [3.05, 3.63) is 74.2 Å². The summed E-state index contributed by atoms with van der Waals surface area (Å²) in [6.45, 7) is 0.825. The van der Waals surface area contributed by atoms with Gasteiger partial charge in [-0.2, -0.15) is 5.10 Å². The van der Waals surface area contributed by atoms with E-state index in [0.717, 1.165) is 10.5 Å². The third-order valence-electron chi connectivity index (χ3n) is 3.27. The van der Waals surface area contributed by atoms with Crippen LogP contribution in [0.2, 0.25) is 4.34 Å². The molecule has 1 aliphatic heterocycles. The molecule has 0 spiro atoms. The van der Waals surface area contributed by atoms with Crippen LogP contribution in [0.4, 0.5) is 0 Å². The highest BCUT2D eigenvalue weighted by atomic mass is 35.5. The van der Waals surface area contributed by atoms with E-state index < -0.39 is 0 Å². The van der Waals surface area contributed by atoms with Crippen molar-refractivity contribution in [2.45, 2.75) is 0 Å². The van der Waals surface area contributed by atoms with Gasteiger partial charge in [0, 0.05) is 28.6 Å². The van der Waals surface area contributed by atoms with Crippen molar-refractivity contribution < 1.29 is 4.79 Å². The number of allylic oxidation sites excluding steroid dienone is 2. The second kappa shape index (κ2) is 9.52. The number of nitrogens with zero attached hydrogens (tertiary/aromatic N) is 2. The summed E-state index contributed by atoms with van der Waals surface area (Å²) in [5.41, 5.74) is 4.27. The fraction of sp³-hybridized carbons (Fsp3) is 0.111. The van der Waals surface area contributed by atoms with Crippen LogP contribution in [0, 0.1) is 0 Å². The normalized spacial score (nSPS) is 12.6. The van der Waals surface area contributed by atoms with E-state index in [1.807, 2.05) is 41.8 Å². The van der Waals surface area contributed by atoms with Gasteiger partial charge in [0.25, 0.3) is 0 Å². The molecule has 8 heteroatoms. The first-order valence-electron chi connectivity index (χ1n) is 7.73. The number of hydrogen-bond donors (Lipinski definition) is 2. The zero-order valence-corrected chi connectivity index (χ0v) is 16.0. The van der Waals surface area contributed by atoms with Crippen molar-refractivity contribution in [3.63, 3.8) is 0 Å². The lowest BCUT2D eigenvalue weighted by molar-refractivity contribution is 0.0992. The molecule has 2 aromatic heterocycles. The van der Waals surface area contributed by atoms with E-state index in [1.165, 1.54) is 11.3 Å². The van der Waals surface area contributed by atoms with Gasteiger partial charge in [0.2, 0.25) is 5.78 Å². The minimum absolute atomic E-state index is 0.0911. The zero-order chi connectivity index (χ0) is 18.2. The van der Waals surface area contributed by atoms with Crippen LogP contribution < -0.4 is 5.32 Å². The third kappa shape index (κ3) is 5.17. The van der Waals surface area contributed by atoms with E-state index in [2.05, 4.69) is 26.2 Å². The van der Waals surface area contributed by atoms with Crippen LogP contribution in [0.1, 0.15) is 9.80 Å². The summed E-state index contributed by atoms with van der Waals surface area (Å²) in [5.74, 6) is -0.0911. The Balaban J connectivity index is 1.69. The van der Waals surface area contributed by atoms with Gasteiger partial charge in [0.15, 0.2) is 5.01 Å². The van der Waals surface area contributed by atoms with E-state index in [1.54, 1.807) is 24.2 Å². The van der Waals surface area contributed by atoms with Gasteiger partial charge in [-0.25, -0.2) is 4.98 Å². The number of aromatic amines is 1. The first kappa shape index (κ1) is 18.6. The highest BCUT2D eigenvalue weighted by Gasteiger charge is 2.16. The average Bonchev–Trinajstić information content (AvgIpc) is 3.09. The summed E-state index contributed by atoms with van der Waals surface area (Å²) in [4.78, 5) is 17.9. The lowest BCUT2D eigenvalue weighted by atomic mass is 10.2. The Labute approximate surface area is 164 Å². The summed E-state index contributed by atoms with van der Waals surface area (Å²) in [6, 6.07) is 7.40. The fourth-order valence-corrected chi connectivity index (χ4v) is 3.81. The van der Waals surface area contributed by atoms with E-state index in [-0.39, 0.29) is 12.3 Å². The molecule has 132 valence electrons. The SMILES string of the molecule is O=C(CNCC1=CC=C=CS1)c1nc(-c2ccccc[nH]nc2)c(Cl)s1. The number of thiazole rings is 1. The van der Waals surface area contributed by atoms with Crippen molar-refractivity contribution in [1.82, 2.24) is 20.5 Å². The zero-order valence-electron chi connectivity index (χ0n) is 13.6. The number of aromatic nitrogens is 3. The molecule has 3 rings (SSSR count). The Morgan fingerprint density at radius 2 is 2.27 bits per heavy atom. The van der Waals surface area contributed by atoms with Crippen LogP contribution >= 0.6 is 34.7 Å². The number of H-pyrrole nitrogens is 1. The number of Topliss-reactive ketones (excluding diaryl/α,β-unsaturated/α-hetero) is 1. The monoisotopic (exact) mass is 402 g/mol. The van der Waals surface area contributed by atoms with Gasteiger partial charge in [0.05, 0.1) is 12.7 Å². The Kier molecular flexibility index (Phi) is 6.82. The van der Waals surface area contributed by atoms with Crippen LogP contribution in [0.3, 0.4) is 0 Å². The van der Waals surface area contributed by atoms with E-state index >= 15 is 0 Å². The molecular weight excluding hydrogens is 388 g/mol. The molecule has 26 heavy (non-hydrogen) atoms. The topological polar surface area (TPSA) is 70.7 Å². The van der Waals surface area contributed by atoms with Crippen molar-refractivity contribution in [3.8, 4) is 11.3 Å². The molecule has 0 aliphatic carbocycles. The number of carbonyl (C=O) groups is 1.